The van der Waals surface area contributed by atoms with Crippen LogP contribution in [0.15, 0.2) is 77.7 Å². The zero-order valence-electron chi connectivity index (χ0n) is 22.3. The first-order valence-corrected chi connectivity index (χ1v) is 14.6. The second kappa shape index (κ2) is 10.5. The Bertz CT molecular complexity index is 1950. The lowest BCUT2D eigenvalue weighted by molar-refractivity contribution is -0.396. The number of carbonyl (C=O) groups excluding carboxylic acids is 2. The number of nitrogens with zero attached hydrogens (tertiary/aromatic N) is 4. The third kappa shape index (κ3) is 4.80. The summed E-state index contributed by atoms with van der Waals surface area (Å²) in [5.74, 6) is -1.55. The molecule has 0 aromatic heterocycles. The van der Waals surface area contributed by atoms with Crippen LogP contribution < -0.4 is 14.0 Å². The Morgan fingerprint density at radius 1 is 0.767 bits per heavy atom. The molecular formula is C29H22N4O9S. The molecule has 0 aliphatic carbocycles. The number of amides is 2. The number of carbonyl (C=O) groups is 2. The minimum absolute atomic E-state index is 0.0173. The van der Waals surface area contributed by atoms with Crippen molar-refractivity contribution in [1.29, 1.82) is 0 Å². The minimum atomic E-state index is -4.86. The van der Waals surface area contributed by atoms with Crippen molar-refractivity contribution in [2.45, 2.75) is 24.2 Å². The summed E-state index contributed by atoms with van der Waals surface area (Å²) in [6.45, 7) is 1.76. The first-order chi connectivity index (χ1) is 20.6. The molecule has 0 spiro atoms. The highest BCUT2D eigenvalue weighted by atomic mass is 32.2. The molecule has 1 saturated heterocycles. The fourth-order valence-electron chi connectivity index (χ4n) is 5.55. The second-order valence-electron chi connectivity index (χ2n) is 10.1. The van der Waals surface area contributed by atoms with Crippen LogP contribution in [0.2, 0.25) is 0 Å². The van der Waals surface area contributed by atoms with E-state index in [1.54, 1.807) is 18.2 Å². The van der Waals surface area contributed by atoms with Crippen LogP contribution in [0.1, 0.15) is 40.0 Å². The molecule has 6 rings (SSSR count). The Kier molecular flexibility index (Phi) is 6.77. The van der Waals surface area contributed by atoms with Crippen molar-refractivity contribution in [3.8, 4) is 5.75 Å². The van der Waals surface area contributed by atoms with Crippen LogP contribution in [0.5, 0.6) is 5.75 Å². The van der Waals surface area contributed by atoms with Gasteiger partial charge in [-0.05, 0) is 55.7 Å². The van der Waals surface area contributed by atoms with E-state index in [4.69, 9.17) is 4.18 Å². The summed E-state index contributed by atoms with van der Waals surface area (Å²) in [6, 6.07) is 16.0. The van der Waals surface area contributed by atoms with Crippen molar-refractivity contribution in [3.05, 3.63) is 104 Å². The van der Waals surface area contributed by atoms with Crippen LogP contribution >= 0.6 is 0 Å². The van der Waals surface area contributed by atoms with Crippen LogP contribution in [0.3, 0.4) is 0 Å². The third-order valence-electron chi connectivity index (χ3n) is 7.48. The van der Waals surface area contributed by atoms with Crippen LogP contribution in [-0.4, -0.2) is 43.2 Å². The van der Waals surface area contributed by atoms with E-state index in [2.05, 4.69) is 4.90 Å². The van der Waals surface area contributed by atoms with E-state index in [0.717, 1.165) is 60.5 Å². The number of benzene rings is 4. The quantitative estimate of drug-likeness (QED) is 0.118. The summed E-state index contributed by atoms with van der Waals surface area (Å²) >= 11 is 0. The van der Waals surface area contributed by atoms with Crippen molar-refractivity contribution in [1.82, 2.24) is 0 Å². The van der Waals surface area contributed by atoms with Crippen LogP contribution in [0.25, 0.3) is 10.8 Å². The number of non-ortho nitro benzene ring substituents is 1. The molecule has 0 atom stereocenters. The highest BCUT2D eigenvalue weighted by Gasteiger charge is 2.36. The van der Waals surface area contributed by atoms with Crippen LogP contribution in [-0.2, 0) is 10.1 Å². The Morgan fingerprint density at radius 2 is 1.47 bits per heavy atom. The maximum absolute atomic E-state index is 13.7. The molecule has 2 amide bonds. The molecule has 0 bridgehead atoms. The first kappa shape index (κ1) is 27.8. The smallest absolute Gasteiger partial charge is 0.346 e. The molecule has 0 N–H and O–H groups in total. The van der Waals surface area contributed by atoms with Crippen molar-refractivity contribution in [3.63, 3.8) is 0 Å². The monoisotopic (exact) mass is 602 g/mol. The van der Waals surface area contributed by atoms with Gasteiger partial charge in [0.2, 0.25) is 0 Å². The molecule has 4 aromatic carbocycles. The number of nitro groups is 2. The van der Waals surface area contributed by atoms with Gasteiger partial charge in [-0.1, -0.05) is 18.2 Å². The van der Waals surface area contributed by atoms with Crippen LogP contribution in [0, 0.1) is 20.2 Å². The van der Waals surface area contributed by atoms with Crippen LogP contribution in [0.4, 0.5) is 22.7 Å². The lowest BCUT2D eigenvalue weighted by atomic mass is 9.92. The third-order valence-corrected chi connectivity index (χ3v) is 8.78. The van der Waals surface area contributed by atoms with E-state index >= 15 is 0 Å². The van der Waals surface area contributed by atoms with Gasteiger partial charge in [0, 0.05) is 52.8 Å². The van der Waals surface area contributed by atoms with Gasteiger partial charge in [-0.2, -0.15) is 8.42 Å². The van der Waals surface area contributed by atoms with Crippen molar-refractivity contribution in [2.24, 2.45) is 0 Å². The average Bonchev–Trinajstić information content (AvgIpc) is 2.99. The number of imide groups is 1. The molecule has 2 heterocycles. The SMILES string of the molecule is O=C1c2cccc3c(N4CCCCC4)ccc(c23)C(=O)N1c1cccc(OS(=O)(=O)c2ccc([N+](=O)[O-])cc2[N+](=O)[O-])c1. The number of anilines is 2. The molecule has 218 valence electrons. The molecule has 14 heteroatoms. The Labute approximate surface area is 244 Å². The number of nitro benzene ring substituents is 2. The lowest BCUT2D eigenvalue weighted by Crippen LogP contribution is -2.40. The van der Waals surface area contributed by atoms with Gasteiger partial charge in [0.05, 0.1) is 21.6 Å². The van der Waals surface area contributed by atoms with Gasteiger partial charge in [0.15, 0.2) is 4.90 Å². The lowest BCUT2D eigenvalue weighted by Gasteiger charge is -2.32. The largest absolute Gasteiger partial charge is 0.379 e. The molecule has 0 saturated carbocycles. The highest BCUT2D eigenvalue weighted by molar-refractivity contribution is 7.87. The van der Waals surface area contributed by atoms with Gasteiger partial charge >= 0.3 is 10.1 Å². The summed E-state index contributed by atoms with van der Waals surface area (Å²) in [6.07, 6.45) is 3.26. The van der Waals surface area contributed by atoms with E-state index in [1.165, 1.54) is 18.2 Å². The van der Waals surface area contributed by atoms with Gasteiger partial charge in [-0.3, -0.25) is 29.8 Å². The second-order valence-corrected chi connectivity index (χ2v) is 11.6. The summed E-state index contributed by atoms with van der Waals surface area (Å²) in [7, 11) is -4.86. The van der Waals surface area contributed by atoms with Crippen molar-refractivity contribution < 1.29 is 32.0 Å². The molecule has 4 aromatic rings. The van der Waals surface area contributed by atoms with E-state index < -0.39 is 48.0 Å². The molecule has 0 radical (unpaired) electrons. The zero-order chi connectivity index (χ0) is 30.5. The predicted molar refractivity (Wildman–Crippen MR) is 155 cm³/mol. The summed E-state index contributed by atoms with van der Waals surface area (Å²) in [4.78, 5) is 50.3. The number of piperidine rings is 1. The van der Waals surface area contributed by atoms with Gasteiger partial charge < -0.3 is 9.08 Å². The number of hydrogen-bond acceptors (Lipinski definition) is 10. The average molecular weight is 603 g/mol. The van der Waals surface area contributed by atoms with E-state index in [1.807, 2.05) is 12.1 Å². The number of rotatable bonds is 7. The predicted octanol–water partition coefficient (Wildman–Crippen LogP) is 5.21. The Balaban J connectivity index is 1.35. The van der Waals surface area contributed by atoms with Crippen molar-refractivity contribution >= 4 is 55.5 Å². The van der Waals surface area contributed by atoms with Gasteiger partial charge in [-0.15, -0.1) is 0 Å². The molecule has 1 fully saturated rings. The standard InChI is InChI=1S/C29H22N4O9S/c34-28-22-9-5-8-21-24(30-14-2-1-3-15-30)12-11-23(27(21)22)29(35)31(28)18-6-4-7-20(16-18)42-43(40,41)26-13-10-19(32(36)37)17-25(26)33(38)39/h4-13,16-17H,1-3,14-15H2. The zero-order valence-corrected chi connectivity index (χ0v) is 23.2. The van der Waals surface area contributed by atoms with Gasteiger partial charge in [0.1, 0.15) is 5.75 Å². The molecule has 2 aliphatic heterocycles. The normalized spacial score (nSPS) is 15.1. The molecule has 43 heavy (non-hydrogen) atoms. The van der Waals surface area contributed by atoms with E-state index in [9.17, 15) is 38.2 Å². The highest BCUT2D eigenvalue weighted by Crippen LogP contribution is 2.39. The summed E-state index contributed by atoms with van der Waals surface area (Å²) in [5, 5.41) is 23.9. The maximum Gasteiger partial charge on any atom is 0.346 e. The fourth-order valence-corrected chi connectivity index (χ4v) is 6.62. The van der Waals surface area contributed by atoms with E-state index in [-0.39, 0.29) is 11.4 Å². The number of hydrogen-bond donors (Lipinski definition) is 0. The Morgan fingerprint density at radius 3 is 2.16 bits per heavy atom. The molecule has 0 unspecified atom stereocenters. The van der Waals surface area contributed by atoms with E-state index in [0.29, 0.717) is 28.6 Å². The summed E-state index contributed by atoms with van der Waals surface area (Å²) in [5.41, 5.74) is -0.120. The maximum atomic E-state index is 13.7. The van der Waals surface area contributed by atoms with Crippen molar-refractivity contribution in [2.75, 3.05) is 22.9 Å². The van der Waals surface area contributed by atoms with Gasteiger partial charge in [0.25, 0.3) is 23.2 Å². The minimum Gasteiger partial charge on any atom is -0.379 e. The topological polar surface area (TPSA) is 170 Å². The van der Waals surface area contributed by atoms with Gasteiger partial charge in [-0.25, -0.2) is 4.90 Å². The molecule has 13 nitrogen and oxygen atoms in total. The molecular weight excluding hydrogens is 580 g/mol. The Hall–Kier alpha value is -5.37. The summed E-state index contributed by atoms with van der Waals surface area (Å²) < 4.78 is 31.2. The molecule has 2 aliphatic rings. The fraction of sp³-hybridized carbons (Fsp3) is 0.172. The first-order valence-electron chi connectivity index (χ1n) is 13.2.